The highest BCUT2D eigenvalue weighted by molar-refractivity contribution is 14.0. The van der Waals surface area contributed by atoms with E-state index in [1.807, 2.05) is 6.26 Å². The summed E-state index contributed by atoms with van der Waals surface area (Å²) < 4.78 is 37.6. The second kappa shape index (κ2) is 11.6. The summed E-state index contributed by atoms with van der Waals surface area (Å²) in [6.45, 7) is 5.70. The number of alkyl halides is 3. The van der Waals surface area contributed by atoms with Crippen LogP contribution in [0.2, 0.25) is 0 Å². The fraction of sp³-hybridized carbons (Fsp3) is 0.529. The Morgan fingerprint density at radius 1 is 1.07 bits per heavy atom. The van der Waals surface area contributed by atoms with Gasteiger partial charge in [-0.15, -0.1) is 24.0 Å². The molecule has 0 aliphatic heterocycles. The van der Waals surface area contributed by atoms with E-state index in [-0.39, 0.29) is 34.3 Å². The van der Waals surface area contributed by atoms with Crippen LogP contribution >= 0.6 is 35.7 Å². The molecule has 0 radical (unpaired) electrons. The quantitative estimate of drug-likeness (QED) is 0.224. The molecule has 3 N–H and O–H groups in total. The highest BCUT2D eigenvalue weighted by Gasteiger charge is 2.30. The number of halogens is 4. The zero-order valence-corrected chi connectivity index (χ0v) is 18.9. The lowest BCUT2D eigenvalue weighted by atomic mass is 10.1. The van der Waals surface area contributed by atoms with Crippen LogP contribution < -0.4 is 16.0 Å². The molecule has 0 aliphatic rings. The Kier molecular flexibility index (Phi) is 11.1. The second-order valence-corrected chi connectivity index (χ2v) is 7.66. The standard InChI is InChI=1S/C17H25F3N4OS.HI/c1-16(2,26-4)11-24-15(21-3)23-10-9-22-14(25)12-5-7-13(8-6-12)17(18,19)20;/h5-8H,9-11H2,1-4H3,(H,22,25)(H2,21,23,24);1H. The maximum atomic E-state index is 12.5. The Morgan fingerprint density at radius 3 is 2.11 bits per heavy atom. The first-order valence-corrected chi connectivity index (χ1v) is 9.26. The van der Waals surface area contributed by atoms with Gasteiger partial charge in [0.25, 0.3) is 5.91 Å². The summed E-state index contributed by atoms with van der Waals surface area (Å²) in [7, 11) is 1.65. The molecule has 0 bridgehead atoms. The summed E-state index contributed by atoms with van der Waals surface area (Å²) in [6.07, 6.45) is -2.37. The minimum Gasteiger partial charge on any atom is -0.355 e. The van der Waals surface area contributed by atoms with E-state index < -0.39 is 17.6 Å². The molecule has 1 aromatic rings. The minimum absolute atomic E-state index is 0. The van der Waals surface area contributed by atoms with Gasteiger partial charge in [-0.3, -0.25) is 9.79 Å². The van der Waals surface area contributed by atoms with Gasteiger partial charge in [0.2, 0.25) is 0 Å². The van der Waals surface area contributed by atoms with E-state index in [1.165, 1.54) is 0 Å². The van der Waals surface area contributed by atoms with Crippen molar-refractivity contribution < 1.29 is 18.0 Å². The van der Waals surface area contributed by atoms with E-state index in [4.69, 9.17) is 0 Å². The molecule has 5 nitrogen and oxygen atoms in total. The largest absolute Gasteiger partial charge is 0.416 e. The molecule has 0 atom stereocenters. The molecule has 0 spiro atoms. The molecule has 27 heavy (non-hydrogen) atoms. The van der Waals surface area contributed by atoms with Crippen molar-refractivity contribution in [2.24, 2.45) is 4.99 Å². The zero-order valence-electron chi connectivity index (χ0n) is 15.7. The van der Waals surface area contributed by atoms with Gasteiger partial charge in [0, 0.05) is 37.0 Å². The fourth-order valence-electron chi connectivity index (χ4n) is 1.86. The Morgan fingerprint density at radius 2 is 1.63 bits per heavy atom. The van der Waals surface area contributed by atoms with Crippen LogP contribution in [0.25, 0.3) is 0 Å². The zero-order chi connectivity index (χ0) is 19.8. The van der Waals surface area contributed by atoms with Crippen molar-refractivity contribution in [2.75, 3.05) is 32.9 Å². The van der Waals surface area contributed by atoms with Crippen LogP contribution in [0.5, 0.6) is 0 Å². The van der Waals surface area contributed by atoms with Gasteiger partial charge in [0.15, 0.2) is 5.96 Å². The summed E-state index contributed by atoms with van der Waals surface area (Å²) >= 11 is 1.74. The number of carbonyl (C=O) groups is 1. The summed E-state index contributed by atoms with van der Waals surface area (Å²) in [5.74, 6) is 0.197. The Hall–Kier alpha value is -1.17. The predicted molar refractivity (Wildman–Crippen MR) is 116 cm³/mol. The van der Waals surface area contributed by atoms with E-state index in [0.29, 0.717) is 19.0 Å². The molecule has 0 fully saturated rings. The topological polar surface area (TPSA) is 65.5 Å². The molecule has 154 valence electrons. The van der Waals surface area contributed by atoms with Crippen molar-refractivity contribution in [2.45, 2.75) is 24.8 Å². The van der Waals surface area contributed by atoms with Crippen LogP contribution in [-0.2, 0) is 6.18 Å². The van der Waals surface area contributed by atoms with Crippen molar-refractivity contribution in [3.63, 3.8) is 0 Å². The SMILES string of the molecule is CN=C(NCCNC(=O)c1ccc(C(F)(F)F)cc1)NCC(C)(C)SC.I. The normalized spacial score (nSPS) is 12.2. The van der Waals surface area contributed by atoms with Crippen LogP contribution in [-0.4, -0.2) is 49.6 Å². The predicted octanol–water partition coefficient (Wildman–Crippen LogP) is 3.36. The lowest BCUT2D eigenvalue weighted by Gasteiger charge is -2.23. The number of thioether (sulfide) groups is 1. The van der Waals surface area contributed by atoms with Crippen molar-refractivity contribution in [1.82, 2.24) is 16.0 Å². The third kappa shape index (κ3) is 9.54. The van der Waals surface area contributed by atoms with Crippen molar-refractivity contribution in [3.8, 4) is 0 Å². The summed E-state index contributed by atoms with van der Waals surface area (Å²) in [4.78, 5) is 16.0. The summed E-state index contributed by atoms with van der Waals surface area (Å²) in [5.41, 5.74) is -0.596. The number of amides is 1. The van der Waals surface area contributed by atoms with E-state index >= 15 is 0 Å². The molecule has 1 rings (SSSR count). The van der Waals surface area contributed by atoms with Crippen LogP contribution in [0.4, 0.5) is 13.2 Å². The first kappa shape index (κ1) is 25.8. The average molecular weight is 518 g/mol. The smallest absolute Gasteiger partial charge is 0.355 e. The number of guanidine groups is 1. The second-order valence-electron chi connectivity index (χ2n) is 6.15. The third-order valence-electron chi connectivity index (χ3n) is 3.64. The molecule has 1 amide bonds. The molecular weight excluding hydrogens is 492 g/mol. The molecule has 10 heteroatoms. The van der Waals surface area contributed by atoms with Crippen LogP contribution in [0, 0.1) is 0 Å². The molecule has 0 heterocycles. The average Bonchev–Trinajstić information content (AvgIpc) is 2.60. The molecule has 0 saturated heterocycles. The van der Waals surface area contributed by atoms with Crippen LogP contribution in [0.1, 0.15) is 29.8 Å². The van der Waals surface area contributed by atoms with Gasteiger partial charge < -0.3 is 16.0 Å². The van der Waals surface area contributed by atoms with Gasteiger partial charge in [-0.1, -0.05) is 0 Å². The lowest BCUT2D eigenvalue weighted by Crippen LogP contribution is -2.45. The van der Waals surface area contributed by atoms with Gasteiger partial charge >= 0.3 is 6.18 Å². The van der Waals surface area contributed by atoms with Crippen molar-refractivity contribution >= 4 is 47.6 Å². The number of nitrogens with zero attached hydrogens (tertiary/aromatic N) is 1. The van der Waals surface area contributed by atoms with Crippen LogP contribution in [0.3, 0.4) is 0 Å². The summed E-state index contributed by atoms with van der Waals surface area (Å²) in [6, 6.07) is 4.12. The van der Waals surface area contributed by atoms with Gasteiger partial charge in [-0.05, 0) is 44.4 Å². The maximum Gasteiger partial charge on any atom is 0.416 e. The molecular formula is C17H26F3IN4OS. The van der Waals surface area contributed by atoms with E-state index in [9.17, 15) is 18.0 Å². The van der Waals surface area contributed by atoms with Gasteiger partial charge in [-0.2, -0.15) is 24.9 Å². The fourth-order valence-corrected chi connectivity index (χ4v) is 2.08. The van der Waals surface area contributed by atoms with E-state index in [2.05, 4.69) is 34.8 Å². The Labute approximate surface area is 179 Å². The Bertz CT molecular complexity index is 622. The number of aliphatic imine (C=N–C) groups is 1. The monoisotopic (exact) mass is 518 g/mol. The molecule has 0 aromatic heterocycles. The highest BCUT2D eigenvalue weighted by atomic mass is 127. The number of nitrogens with one attached hydrogen (secondary N) is 3. The molecule has 0 aliphatic carbocycles. The van der Waals surface area contributed by atoms with E-state index in [0.717, 1.165) is 30.8 Å². The number of hydrogen-bond donors (Lipinski definition) is 3. The number of carbonyl (C=O) groups excluding carboxylic acids is 1. The van der Waals surface area contributed by atoms with Gasteiger partial charge in [0.1, 0.15) is 0 Å². The van der Waals surface area contributed by atoms with Crippen molar-refractivity contribution in [3.05, 3.63) is 35.4 Å². The van der Waals surface area contributed by atoms with Crippen molar-refractivity contribution in [1.29, 1.82) is 0 Å². The first-order chi connectivity index (χ1) is 12.1. The number of rotatable bonds is 7. The summed E-state index contributed by atoms with van der Waals surface area (Å²) in [5, 5.41) is 8.92. The number of benzene rings is 1. The van der Waals surface area contributed by atoms with E-state index in [1.54, 1.807) is 18.8 Å². The molecule has 1 aromatic carbocycles. The maximum absolute atomic E-state index is 12.5. The highest BCUT2D eigenvalue weighted by Crippen LogP contribution is 2.29. The molecule has 0 unspecified atom stereocenters. The van der Waals surface area contributed by atoms with Gasteiger partial charge in [-0.25, -0.2) is 0 Å². The third-order valence-corrected chi connectivity index (χ3v) is 4.88. The lowest BCUT2D eigenvalue weighted by molar-refractivity contribution is -0.137. The first-order valence-electron chi connectivity index (χ1n) is 8.04. The Balaban J connectivity index is 0.00000676. The minimum atomic E-state index is -4.41. The molecule has 0 saturated carbocycles. The number of hydrogen-bond acceptors (Lipinski definition) is 3. The van der Waals surface area contributed by atoms with Gasteiger partial charge in [0.05, 0.1) is 5.56 Å². The van der Waals surface area contributed by atoms with Crippen LogP contribution in [0.15, 0.2) is 29.3 Å².